The van der Waals surface area contributed by atoms with Gasteiger partial charge < -0.3 is 0 Å². The van der Waals surface area contributed by atoms with Gasteiger partial charge >= 0.3 is 0 Å². The summed E-state index contributed by atoms with van der Waals surface area (Å²) in [5.74, 6) is -0.114. The Balaban J connectivity index is 2.49. The van der Waals surface area contributed by atoms with Gasteiger partial charge in [0.1, 0.15) is 11.4 Å². The number of aryl methyl sites for hydroxylation is 1. The van der Waals surface area contributed by atoms with Gasteiger partial charge in [-0.1, -0.05) is 0 Å². The van der Waals surface area contributed by atoms with Crippen LogP contribution < -0.4 is 0 Å². The first-order valence-corrected chi connectivity index (χ1v) is 6.50. The Morgan fingerprint density at radius 1 is 1.44 bits per heavy atom. The molecule has 0 N–H and O–H groups in total. The lowest BCUT2D eigenvalue weighted by Gasteiger charge is -2.10. The summed E-state index contributed by atoms with van der Waals surface area (Å²) in [7, 11) is 0. The second-order valence-electron chi connectivity index (χ2n) is 4.43. The Labute approximate surface area is 114 Å². The highest BCUT2D eigenvalue weighted by atomic mass is 79.9. The van der Waals surface area contributed by atoms with Gasteiger partial charge in [0.05, 0.1) is 10.7 Å². The molecule has 2 rings (SSSR count). The molecule has 0 bridgehead atoms. The molecule has 0 aliphatic rings. The zero-order valence-electron chi connectivity index (χ0n) is 10.5. The zero-order valence-corrected chi connectivity index (χ0v) is 12.1. The molecule has 0 unspecified atom stereocenters. The second kappa shape index (κ2) is 5.02. The van der Waals surface area contributed by atoms with Crippen molar-refractivity contribution in [2.75, 3.05) is 0 Å². The van der Waals surface area contributed by atoms with E-state index in [-0.39, 0.29) is 11.8 Å². The van der Waals surface area contributed by atoms with E-state index in [0.717, 1.165) is 5.56 Å². The van der Waals surface area contributed by atoms with E-state index in [1.165, 1.54) is 0 Å². The number of halogens is 1. The molecule has 18 heavy (non-hydrogen) atoms. The summed E-state index contributed by atoms with van der Waals surface area (Å²) in [6.45, 7) is 5.91. The van der Waals surface area contributed by atoms with Gasteiger partial charge in [-0.3, -0.25) is 14.5 Å². The Kier molecular flexibility index (Phi) is 3.61. The minimum atomic E-state index is -0.114. The Morgan fingerprint density at radius 2 is 2.17 bits per heavy atom. The van der Waals surface area contributed by atoms with Gasteiger partial charge in [-0.25, -0.2) is 0 Å². The first-order valence-electron chi connectivity index (χ1n) is 5.71. The summed E-state index contributed by atoms with van der Waals surface area (Å²) in [6.07, 6.45) is 3.29. The number of hydrogen-bond donors (Lipinski definition) is 0. The highest BCUT2D eigenvalue weighted by Gasteiger charge is 2.21. The molecular weight excluding hydrogens is 294 g/mol. The lowest BCUT2D eigenvalue weighted by Crippen LogP contribution is -2.15. The summed E-state index contributed by atoms with van der Waals surface area (Å²) in [5.41, 5.74) is 2.00. The number of hydrogen-bond acceptors (Lipinski definition) is 3. The van der Waals surface area contributed by atoms with Crippen LogP contribution in [0.25, 0.3) is 0 Å². The fourth-order valence-corrected chi connectivity index (χ4v) is 2.18. The minimum Gasteiger partial charge on any atom is -0.285 e. The largest absolute Gasteiger partial charge is 0.285 e. The lowest BCUT2D eigenvalue weighted by molar-refractivity contribution is 0.102. The van der Waals surface area contributed by atoms with Crippen LogP contribution in [0, 0.1) is 6.92 Å². The zero-order chi connectivity index (χ0) is 13.3. The van der Waals surface area contributed by atoms with Crippen molar-refractivity contribution < 1.29 is 4.79 Å². The third-order valence-corrected chi connectivity index (χ3v) is 3.18. The fourth-order valence-electron chi connectivity index (χ4n) is 1.73. The SMILES string of the molecule is Cc1ccnc(C(=O)c2c(Br)cnn2C(C)C)c1. The van der Waals surface area contributed by atoms with E-state index in [1.54, 1.807) is 23.1 Å². The number of pyridine rings is 1. The number of aromatic nitrogens is 3. The maximum absolute atomic E-state index is 12.5. The molecule has 4 nitrogen and oxygen atoms in total. The number of carbonyl (C=O) groups is 1. The molecule has 0 atom stereocenters. The first-order chi connectivity index (χ1) is 8.50. The van der Waals surface area contributed by atoms with E-state index in [9.17, 15) is 4.79 Å². The van der Waals surface area contributed by atoms with Crippen molar-refractivity contribution in [2.24, 2.45) is 0 Å². The van der Waals surface area contributed by atoms with E-state index < -0.39 is 0 Å². The van der Waals surface area contributed by atoms with Crippen molar-refractivity contribution in [3.05, 3.63) is 46.0 Å². The van der Waals surface area contributed by atoms with Crippen LogP contribution in [-0.2, 0) is 0 Å². The van der Waals surface area contributed by atoms with E-state index in [0.29, 0.717) is 15.9 Å². The standard InChI is InChI=1S/C13H14BrN3O/c1-8(2)17-12(10(14)7-16-17)13(18)11-6-9(3)4-5-15-11/h4-8H,1-3H3. The molecule has 0 aromatic carbocycles. The quantitative estimate of drug-likeness (QED) is 0.818. The van der Waals surface area contributed by atoms with Crippen molar-refractivity contribution in [2.45, 2.75) is 26.8 Å². The summed E-state index contributed by atoms with van der Waals surface area (Å²) >= 11 is 3.37. The minimum absolute atomic E-state index is 0.114. The van der Waals surface area contributed by atoms with E-state index >= 15 is 0 Å². The highest BCUT2D eigenvalue weighted by Crippen LogP contribution is 2.22. The molecule has 0 amide bonds. The molecule has 0 fully saturated rings. The molecule has 0 saturated carbocycles. The molecular formula is C13H14BrN3O. The number of nitrogens with zero attached hydrogens (tertiary/aromatic N) is 3. The van der Waals surface area contributed by atoms with E-state index in [4.69, 9.17) is 0 Å². The summed E-state index contributed by atoms with van der Waals surface area (Å²) in [4.78, 5) is 16.6. The molecule has 5 heteroatoms. The predicted octanol–water partition coefficient (Wildman–Crippen LogP) is 3.16. The van der Waals surface area contributed by atoms with Crippen LogP contribution >= 0.6 is 15.9 Å². The van der Waals surface area contributed by atoms with Crippen molar-refractivity contribution in [1.29, 1.82) is 0 Å². The molecule has 0 spiro atoms. The monoisotopic (exact) mass is 307 g/mol. The molecule has 0 saturated heterocycles. The molecule has 2 aromatic rings. The van der Waals surface area contributed by atoms with Gasteiger partial charge in [-0.05, 0) is 54.4 Å². The maximum Gasteiger partial charge on any atom is 0.230 e. The molecule has 2 heterocycles. The predicted molar refractivity (Wildman–Crippen MR) is 72.7 cm³/mol. The lowest BCUT2D eigenvalue weighted by atomic mass is 10.1. The summed E-state index contributed by atoms with van der Waals surface area (Å²) < 4.78 is 2.40. The average Bonchev–Trinajstić information content (AvgIpc) is 2.70. The van der Waals surface area contributed by atoms with Crippen LogP contribution in [-0.4, -0.2) is 20.5 Å². The van der Waals surface area contributed by atoms with Gasteiger partial charge in [0.2, 0.25) is 5.78 Å². The smallest absolute Gasteiger partial charge is 0.230 e. The first kappa shape index (κ1) is 13.0. The molecule has 0 radical (unpaired) electrons. The van der Waals surface area contributed by atoms with Crippen LogP contribution in [0.5, 0.6) is 0 Å². The third kappa shape index (κ3) is 2.36. The van der Waals surface area contributed by atoms with Gasteiger partial charge in [0.25, 0.3) is 0 Å². The van der Waals surface area contributed by atoms with Crippen molar-refractivity contribution in [3.8, 4) is 0 Å². The molecule has 0 aliphatic carbocycles. The van der Waals surface area contributed by atoms with Crippen molar-refractivity contribution in [3.63, 3.8) is 0 Å². The van der Waals surface area contributed by atoms with E-state index in [2.05, 4.69) is 26.0 Å². The Bertz CT molecular complexity index is 590. The molecule has 0 aliphatic heterocycles. The average molecular weight is 308 g/mol. The fraction of sp³-hybridized carbons (Fsp3) is 0.308. The number of rotatable bonds is 3. The normalized spacial score (nSPS) is 10.9. The van der Waals surface area contributed by atoms with Gasteiger partial charge in [-0.2, -0.15) is 5.10 Å². The number of ketones is 1. The van der Waals surface area contributed by atoms with Crippen molar-refractivity contribution >= 4 is 21.7 Å². The highest BCUT2D eigenvalue weighted by molar-refractivity contribution is 9.10. The van der Waals surface area contributed by atoms with Crippen LogP contribution in [0.2, 0.25) is 0 Å². The molecule has 94 valence electrons. The third-order valence-electron chi connectivity index (χ3n) is 2.60. The second-order valence-corrected chi connectivity index (χ2v) is 5.28. The van der Waals surface area contributed by atoms with E-state index in [1.807, 2.05) is 26.8 Å². The summed E-state index contributed by atoms with van der Waals surface area (Å²) in [5, 5.41) is 4.21. The van der Waals surface area contributed by atoms with Gasteiger partial charge in [0.15, 0.2) is 0 Å². The van der Waals surface area contributed by atoms with Crippen LogP contribution in [0.4, 0.5) is 0 Å². The van der Waals surface area contributed by atoms with Crippen LogP contribution in [0.15, 0.2) is 29.0 Å². The van der Waals surface area contributed by atoms with Crippen LogP contribution in [0.3, 0.4) is 0 Å². The Hall–Kier alpha value is -1.49. The summed E-state index contributed by atoms with van der Waals surface area (Å²) in [6, 6.07) is 3.78. The topological polar surface area (TPSA) is 47.8 Å². The Morgan fingerprint density at radius 3 is 2.78 bits per heavy atom. The molecule has 2 aromatic heterocycles. The van der Waals surface area contributed by atoms with Gasteiger partial charge in [-0.15, -0.1) is 0 Å². The van der Waals surface area contributed by atoms with Crippen LogP contribution in [0.1, 0.15) is 41.6 Å². The van der Waals surface area contributed by atoms with Crippen molar-refractivity contribution in [1.82, 2.24) is 14.8 Å². The van der Waals surface area contributed by atoms with Gasteiger partial charge in [0, 0.05) is 12.2 Å². The maximum atomic E-state index is 12.5. The number of carbonyl (C=O) groups excluding carboxylic acids is 1.